The van der Waals surface area contributed by atoms with Gasteiger partial charge >= 0.3 is 0 Å². The van der Waals surface area contributed by atoms with Crippen LogP contribution in [0.4, 0.5) is 0 Å². The molecule has 0 bridgehead atoms. The maximum Gasteiger partial charge on any atom is 0.213 e. The van der Waals surface area contributed by atoms with Crippen LogP contribution >= 0.6 is 0 Å². The highest BCUT2D eigenvalue weighted by atomic mass is 32.2. The molecule has 19 heavy (non-hydrogen) atoms. The van der Waals surface area contributed by atoms with E-state index in [1.54, 1.807) is 7.05 Å². The number of sulfonamides is 1. The number of unbranched alkanes of at least 4 members (excludes halogenated alkanes) is 1. The maximum atomic E-state index is 12.1. The van der Waals surface area contributed by atoms with Crippen LogP contribution in [0.1, 0.15) is 39.0 Å². The number of ether oxygens (including phenoxy) is 1. The molecule has 1 heterocycles. The van der Waals surface area contributed by atoms with Crippen molar-refractivity contribution < 1.29 is 13.2 Å². The Labute approximate surface area is 117 Å². The van der Waals surface area contributed by atoms with Gasteiger partial charge < -0.3 is 10.1 Å². The van der Waals surface area contributed by atoms with Crippen molar-refractivity contribution in [3.8, 4) is 0 Å². The van der Waals surface area contributed by atoms with Crippen molar-refractivity contribution in [2.45, 2.75) is 45.1 Å². The van der Waals surface area contributed by atoms with Gasteiger partial charge in [-0.1, -0.05) is 6.92 Å². The van der Waals surface area contributed by atoms with E-state index in [0.717, 1.165) is 51.8 Å². The predicted octanol–water partition coefficient (Wildman–Crippen LogP) is 1.21. The molecule has 1 aliphatic heterocycles. The summed E-state index contributed by atoms with van der Waals surface area (Å²) in [7, 11) is -1.46. The van der Waals surface area contributed by atoms with Gasteiger partial charge in [-0.2, -0.15) is 0 Å². The number of hydrogen-bond acceptors (Lipinski definition) is 4. The molecule has 0 saturated carbocycles. The number of hydrogen-bond donors (Lipinski definition) is 1. The minimum atomic E-state index is -3.11. The maximum absolute atomic E-state index is 12.1. The highest BCUT2D eigenvalue weighted by Crippen LogP contribution is 2.14. The van der Waals surface area contributed by atoms with Gasteiger partial charge in [0.05, 0.1) is 11.9 Å². The Kier molecular flexibility index (Phi) is 7.90. The van der Waals surface area contributed by atoms with Crippen LogP contribution in [0.5, 0.6) is 0 Å². The Morgan fingerprint density at radius 1 is 1.32 bits per heavy atom. The van der Waals surface area contributed by atoms with E-state index in [2.05, 4.69) is 12.2 Å². The summed E-state index contributed by atoms with van der Waals surface area (Å²) in [4.78, 5) is 0. The first-order valence-corrected chi connectivity index (χ1v) is 8.93. The molecular weight excluding hydrogens is 264 g/mol. The van der Waals surface area contributed by atoms with E-state index in [-0.39, 0.29) is 11.9 Å². The van der Waals surface area contributed by atoms with Crippen LogP contribution in [-0.2, 0) is 14.8 Å². The van der Waals surface area contributed by atoms with Crippen LogP contribution < -0.4 is 5.32 Å². The van der Waals surface area contributed by atoms with E-state index >= 15 is 0 Å². The van der Waals surface area contributed by atoms with Crippen molar-refractivity contribution in [1.29, 1.82) is 0 Å². The summed E-state index contributed by atoms with van der Waals surface area (Å²) in [6.45, 7) is 5.29. The number of likely N-dealkylation sites (N-methyl/N-ethyl adjacent to an activating group) is 1. The summed E-state index contributed by atoms with van der Waals surface area (Å²) >= 11 is 0. The zero-order valence-electron chi connectivity index (χ0n) is 12.2. The molecule has 1 unspecified atom stereocenters. The minimum absolute atomic E-state index is 0.0889. The second-order valence-electron chi connectivity index (χ2n) is 5.19. The summed E-state index contributed by atoms with van der Waals surface area (Å²) in [5, 5.41) is 3.28. The molecule has 1 N–H and O–H groups in total. The van der Waals surface area contributed by atoms with E-state index < -0.39 is 10.0 Å². The van der Waals surface area contributed by atoms with Gasteiger partial charge in [0.2, 0.25) is 10.0 Å². The zero-order chi connectivity index (χ0) is 14.1. The number of rotatable bonds is 10. The van der Waals surface area contributed by atoms with Crippen molar-refractivity contribution in [1.82, 2.24) is 9.62 Å². The minimum Gasteiger partial charge on any atom is -0.377 e. The molecule has 1 rings (SSSR count). The van der Waals surface area contributed by atoms with Crippen molar-refractivity contribution in [3.05, 3.63) is 0 Å². The van der Waals surface area contributed by atoms with Gasteiger partial charge in [0, 0.05) is 20.2 Å². The van der Waals surface area contributed by atoms with Crippen LogP contribution in [0.3, 0.4) is 0 Å². The van der Waals surface area contributed by atoms with Crippen molar-refractivity contribution in [2.24, 2.45) is 0 Å². The van der Waals surface area contributed by atoms with Gasteiger partial charge in [0.15, 0.2) is 0 Å². The second-order valence-corrected chi connectivity index (χ2v) is 7.38. The van der Waals surface area contributed by atoms with Crippen LogP contribution in [0.25, 0.3) is 0 Å². The smallest absolute Gasteiger partial charge is 0.213 e. The third-order valence-electron chi connectivity index (χ3n) is 3.39. The fourth-order valence-electron chi connectivity index (χ4n) is 2.18. The number of nitrogens with zero attached hydrogens (tertiary/aromatic N) is 1. The van der Waals surface area contributed by atoms with Gasteiger partial charge in [0.25, 0.3) is 0 Å². The van der Waals surface area contributed by atoms with Crippen molar-refractivity contribution in [3.63, 3.8) is 0 Å². The molecule has 1 fully saturated rings. The van der Waals surface area contributed by atoms with E-state index in [0.29, 0.717) is 6.54 Å². The van der Waals surface area contributed by atoms with E-state index in [1.165, 1.54) is 4.31 Å². The molecular formula is C13H28N2O3S. The molecule has 0 aliphatic carbocycles. The van der Waals surface area contributed by atoms with Crippen LogP contribution in [-0.4, -0.2) is 57.9 Å². The largest absolute Gasteiger partial charge is 0.377 e. The van der Waals surface area contributed by atoms with Gasteiger partial charge in [-0.3, -0.25) is 0 Å². The molecule has 114 valence electrons. The second kappa shape index (κ2) is 8.89. The number of nitrogens with one attached hydrogen (secondary N) is 1. The van der Waals surface area contributed by atoms with Gasteiger partial charge in [-0.15, -0.1) is 0 Å². The summed E-state index contributed by atoms with van der Waals surface area (Å²) in [6.07, 6.45) is 4.85. The monoisotopic (exact) mass is 292 g/mol. The standard InChI is InChI=1S/C13H28N2O3S/c1-3-8-14-9-4-5-11-19(16,17)15(2)12-13-7-6-10-18-13/h13-14H,3-12H2,1-2H3. The third-order valence-corrected chi connectivity index (χ3v) is 5.30. The summed E-state index contributed by atoms with van der Waals surface area (Å²) in [5.74, 6) is 0.240. The summed E-state index contributed by atoms with van der Waals surface area (Å²) < 4.78 is 31.0. The average Bonchev–Trinajstić information content (AvgIpc) is 2.86. The lowest BCUT2D eigenvalue weighted by molar-refractivity contribution is 0.0979. The lowest BCUT2D eigenvalue weighted by atomic mass is 10.2. The van der Waals surface area contributed by atoms with Crippen molar-refractivity contribution in [2.75, 3.05) is 39.0 Å². The first-order valence-electron chi connectivity index (χ1n) is 7.32. The van der Waals surface area contributed by atoms with Crippen LogP contribution in [0.2, 0.25) is 0 Å². The van der Waals surface area contributed by atoms with Gasteiger partial charge in [0.1, 0.15) is 0 Å². The molecule has 1 saturated heterocycles. The topological polar surface area (TPSA) is 58.6 Å². The quantitative estimate of drug-likeness (QED) is 0.615. The molecule has 1 atom stereocenters. The van der Waals surface area contributed by atoms with E-state index in [1.807, 2.05) is 0 Å². The fourth-order valence-corrected chi connectivity index (χ4v) is 3.45. The zero-order valence-corrected chi connectivity index (χ0v) is 13.0. The lowest BCUT2D eigenvalue weighted by Crippen LogP contribution is -2.35. The molecule has 6 heteroatoms. The molecule has 1 aliphatic rings. The molecule has 0 aromatic carbocycles. The Morgan fingerprint density at radius 3 is 2.74 bits per heavy atom. The third kappa shape index (κ3) is 6.70. The highest BCUT2D eigenvalue weighted by Gasteiger charge is 2.23. The SMILES string of the molecule is CCCNCCCCS(=O)(=O)N(C)CC1CCCO1. The Morgan fingerprint density at radius 2 is 2.11 bits per heavy atom. The van der Waals surface area contributed by atoms with Gasteiger partial charge in [-0.25, -0.2) is 12.7 Å². The molecule has 0 aromatic heterocycles. The van der Waals surface area contributed by atoms with Crippen LogP contribution in [0, 0.1) is 0 Å². The average molecular weight is 292 g/mol. The first-order chi connectivity index (χ1) is 9.06. The normalized spacial score (nSPS) is 20.3. The molecule has 0 aromatic rings. The summed E-state index contributed by atoms with van der Waals surface area (Å²) in [6, 6.07) is 0. The fraction of sp³-hybridized carbons (Fsp3) is 1.00. The predicted molar refractivity (Wildman–Crippen MR) is 77.8 cm³/mol. The van der Waals surface area contributed by atoms with Crippen LogP contribution in [0.15, 0.2) is 0 Å². The molecule has 5 nitrogen and oxygen atoms in total. The summed E-state index contributed by atoms with van der Waals surface area (Å²) in [5.41, 5.74) is 0. The first kappa shape index (κ1) is 16.9. The van der Waals surface area contributed by atoms with Gasteiger partial charge in [-0.05, 0) is 45.2 Å². The Bertz CT molecular complexity index is 327. The lowest BCUT2D eigenvalue weighted by Gasteiger charge is -2.20. The van der Waals surface area contributed by atoms with Crippen molar-refractivity contribution >= 4 is 10.0 Å². The molecule has 0 amide bonds. The van der Waals surface area contributed by atoms with E-state index in [9.17, 15) is 8.42 Å². The molecule has 0 spiro atoms. The Hall–Kier alpha value is -0.170. The molecule has 0 radical (unpaired) electrons. The highest BCUT2D eigenvalue weighted by molar-refractivity contribution is 7.89. The van der Waals surface area contributed by atoms with E-state index in [4.69, 9.17) is 4.74 Å². The Balaban J connectivity index is 2.18.